The minimum absolute atomic E-state index is 0.0384. The molecule has 0 saturated heterocycles. The Bertz CT molecular complexity index is 384. The van der Waals surface area contributed by atoms with Crippen LogP contribution in [0.3, 0.4) is 0 Å². The third-order valence-corrected chi connectivity index (χ3v) is 2.31. The molecule has 7 heteroatoms. The first-order chi connectivity index (χ1) is 7.86. The van der Waals surface area contributed by atoms with Gasteiger partial charge in [0.2, 0.25) is 0 Å². The van der Waals surface area contributed by atoms with Crippen LogP contribution in [0.2, 0.25) is 5.15 Å². The van der Waals surface area contributed by atoms with E-state index in [0.717, 1.165) is 12.1 Å². The van der Waals surface area contributed by atoms with Gasteiger partial charge in [-0.2, -0.15) is 13.2 Å². The number of aliphatic hydroxyl groups is 1. The largest absolute Gasteiger partial charge is 0.433 e. The molecule has 0 radical (unpaired) electrons. The molecule has 0 aliphatic rings. The summed E-state index contributed by atoms with van der Waals surface area (Å²) in [6.07, 6.45) is -5.63. The number of alkyl halides is 3. The lowest BCUT2D eigenvalue weighted by molar-refractivity contribution is -0.141. The van der Waals surface area contributed by atoms with Crippen LogP contribution in [0, 0.1) is 0 Å². The predicted molar refractivity (Wildman–Crippen MR) is 55.7 cm³/mol. The van der Waals surface area contributed by atoms with Crippen molar-refractivity contribution in [1.82, 2.24) is 4.98 Å². The summed E-state index contributed by atoms with van der Waals surface area (Å²) >= 11 is 5.58. The maximum Gasteiger partial charge on any atom is 0.433 e. The summed E-state index contributed by atoms with van der Waals surface area (Å²) in [5, 5.41) is 9.23. The van der Waals surface area contributed by atoms with Gasteiger partial charge in [-0.1, -0.05) is 17.7 Å². The molecule has 0 aliphatic carbocycles. The molecule has 17 heavy (non-hydrogen) atoms. The third kappa shape index (κ3) is 3.83. The molecular formula is C10H11ClF3NO2. The van der Waals surface area contributed by atoms with Gasteiger partial charge in [-0.15, -0.1) is 0 Å². The highest BCUT2D eigenvalue weighted by molar-refractivity contribution is 6.30. The second-order valence-corrected chi connectivity index (χ2v) is 3.61. The van der Waals surface area contributed by atoms with E-state index in [-0.39, 0.29) is 17.3 Å². The summed E-state index contributed by atoms with van der Waals surface area (Å²) in [5.74, 6) is 0. The first-order valence-electron chi connectivity index (χ1n) is 4.85. The van der Waals surface area contributed by atoms with Crippen molar-refractivity contribution in [2.75, 3.05) is 13.2 Å². The molecule has 0 aliphatic heterocycles. The lowest BCUT2D eigenvalue weighted by atomic mass is 10.1. The molecule has 0 amide bonds. The Hall–Kier alpha value is -0.850. The highest BCUT2D eigenvalue weighted by atomic mass is 35.5. The Morgan fingerprint density at radius 1 is 1.47 bits per heavy atom. The van der Waals surface area contributed by atoms with Crippen molar-refractivity contribution in [1.29, 1.82) is 0 Å². The topological polar surface area (TPSA) is 42.4 Å². The fraction of sp³-hybridized carbons (Fsp3) is 0.500. The summed E-state index contributed by atoms with van der Waals surface area (Å²) in [6, 6.07) is 1.87. The summed E-state index contributed by atoms with van der Waals surface area (Å²) in [7, 11) is 0. The van der Waals surface area contributed by atoms with E-state index >= 15 is 0 Å². The van der Waals surface area contributed by atoms with E-state index in [0.29, 0.717) is 6.61 Å². The van der Waals surface area contributed by atoms with E-state index in [9.17, 15) is 18.3 Å². The quantitative estimate of drug-likeness (QED) is 0.855. The fourth-order valence-corrected chi connectivity index (χ4v) is 1.45. The van der Waals surface area contributed by atoms with Crippen molar-refractivity contribution in [3.05, 3.63) is 28.5 Å². The number of pyridine rings is 1. The van der Waals surface area contributed by atoms with E-state index in [2.05, 4.69) is 4.98 Å². The zero-order chi connectivity index (χ0) is 13.1. The number of aromatic nitrogens is 1. The molecule has 1 N–H and O–H groups in total. The van der Waals surface area contributed by atoms with E-state index < -0.39 is 18.0 Å². The van der Waals surface area contributed by atoms with Gasteiger partial charge in [0.1, 0.15) is 17.0 Å². The lowest BCUT2D eigenvalue weighted by Crippen LogP contribution is -2.12. The van der Waals surface area contributed by atoms with Crippen molar-refractivity contribution < 1.29 is 23.0 Å². The van der Waals surface area contributed by atoms with Crippen LogP contribution in [-0.2, 0) is 10.9 Å². The number of hydrogen-bond donors (Lipinski definition) is 1. The second-order valence-electron chi connectivity index (χ2n) is 3.25. The smallest absolute Gasteiger partial charge is 0.386 e. The van der Waals surface area contributed by atoms with E-state index in [1.165, 1.54) is 0 Å². The maximum atomic E-state index is 12.3. The van der Waals surface area contributed by atoms with E-state index in [4.69, 9.17) is 16.3 Å². The molecule has 3 nitrogen and oxygen atoms in total. The molecule has 0 aromatic carbocycles. The standard InChI is InChI=1S/C10H11ClF3NO2/c1-2-17-5-7(16)6-3-4-8(10(12,13)14)15-9(6)11/h3-4,7,16H,2,5H2,1H3. The minimum Gasteiger partial charge on any atom is -0.386 e. The van der Waals surface area contributed by atoms with Crippen molar-refractivity contribution in [2.24, 2.45) is 0 Å². The summed E-state index contributed by atoms with van der Waals surface area (Å²) in [4.78, 5) is 3.20. The molecule has 0 saturated carbocycles. The molecule has 1 heterocycles. The Balaban J connectivity index is 2.90. The van der Waals surface area contributed by atoms with Crippen molar-refractivity contribution >= 4 is 11.6 Å². The van der Waals surface area contributed by atoms with E-state index in [1.807, 2.05) is 0 Å². The van der Waals surface area contributed by atoms with Crippen LogP contribution in [0.5, 0.6) is 0 Å². The molecule has 0 bridgehead atoms. The zero-order valence-electron chi connectivity index (χ0n) is 8.96. The lowest BCUT2D eigenvalue weighted by Gasteiger charge is -2.13. The summed E-state index contributed by atoms with van der Waals surface area (Å²) < 4.78 is 41.8. The molecule has 0 fully saturated rings. The first kappa shape index (κ1) is 14.2. The zero-order valence-corrected chi connectivity index (χ0v) is 9.72. The SMILES string of the molecule is CCOCC(O)c1ccc(C(F)(F)F)nc1Cl. The first-order valence-corrected chi connectivity index (χ1v) is 5.23. The average molecular weight is 270 g/mol. The Labute approximate surface area is 101 Å². The number of aliphatic hydroxyl groups excluding tert-OH is 1. The van der Waals surface area contributed by atoms with Gasteiger partial charge in [-0.05, 0) is 13.0 Å². The highest BCUT2D eigenvalue weighted by Crippen LogP contribution is 2.31. The highest BCUT2D eigenvalue weighted by Gasteiger charge is 2.33. The molecule has 1 aromatic rings. The second kappa shape index (κ2) is 5.66. The monoisotopic (exact) mass is 269 g/mol. The summed E-state index contributed by atoms with van der Waals surface area (Å²) in [5.41, 5.74) is -0.969. The Morgan fingerprint density at radius 3 is 2.59 bits per heavy atom. The van der Waals surface area contributed by atoms with Gasteiger partial charge >= 0.3 is 6.18 Å². The Morgan fingerprint density at radius 2 is 2.12 bits per heavy atom. The number of halogens is 4. The van der Waals surface area contributed by atoms with Crippen LogP contribution in [0.1, 0.15) is 24.3 Å². The van der Waals surface area contributed by atoms with Crippen LogP contribution in [0.15, 0.2) is 12.1 Å². The van der Waals surface area contributed by atoms with Gasteiger partial charge < -0.3 is 9.84 Å². The van der Waals surface area contributed by atoms with Crippen LogP contribution >= 0.6 is 11.6 Å². The molecule has 1 aromatic heterocycles. The average Bonchev–Trinajstić information content (AvgIpc) is 2.24. The van der Waals surface area contributed by atoms with Gasteiger partial charge in [0.25, 0.3) is 0 Å². The minimum atomic E-state index is -4.55. The number of rotatable bonds is 4. The van der Waals surface area contributed by atoms with E-state index in [1.54, 1.807) is 6.92 Å². The maximum absolute atomic E-state index is 12.3. The molecule has 96 valence electrons. The molecule has 1 unspecified atom stereocenters. The van der Waals surface area contributed by atoms with Gasteiger partial charge in [0, 0.05) is 12.2 Å². The molecule has 1 rings (SSSR count). The van der Waals surface area contributed by atoms with Crippen LogP contribution < -0.4 is 0 Å². The van der Waals surface area contributed by atoms with Crippen LogP contribution in [-0.4, -0.2) is 23.3 Å². The van der Waals surface area contributed by atoms with Gasteiger partial charge in [-0.25, -0.2) is 4.98 Å². The third-order valence-electron chi connectivity index (χ3n) is 2.01. The predicted octanol–water partition coefficient (Wildman–Crippen LogP) is 2.82. The van der Waals surface area contributed by atoms with Gasteiger partial charge in [0.15, 0.2) is 0 Å². The fourth-order valence-electron chi connectivity index (χ4n) is 1.17. The molecule has 1 atom stereocenters. The summed E-state index contributed by atoms with van der Waals surface area (Å²) in [6.45, 7) is 2.09. The number of hydrogen-bond acceptors (Lipinski definition) is 3. The van der Waals surface area contributed by atoms with Gasteiger partial charge in [-0.3, -0.25) is 0 Å². The van der Waals surface area contributed by atoms with Crippen LogP contribution in [0.25, 0.3) is 0 Å². The van der Waals surface area contributed by atoms with Crippen molar-refractivity contribution in [3.63, 3.8) is 0 Å². The number of nitrogens with zero attached hydrogens (tertiary/aromatic N) is 1. The van der Waals surface area contributed by atoms with Crippen molar-refractivity contribution in [2.45, 2.75) is 19.2 Å². The molecule has 0 spiro atoms. The van der Waals surface area contributed by atoms with Gasteiger partial charge in [0.05, 0.1) is 6.61 Å². The number of ether oxygens (including phenoxy) is 1. The normalized spacial score (nSPS) is 13.8. The Kier molecular flexibility index (Phi) is 4.73. The molecular weight excluding hydrogens is 259 g/mol. The van der Waals surface area contributed by atoms with Crippen molar-refractivity contribution in [3.8, 4) is 0 Å². The van der Waals surface area contributed by atoms with Crippen LogP contribution in [0.4, 0.5) is 13.2 Å².